The van der Waals surface area contributed by atoms with Crippen LogP contribution in [0.5, 0.6) is 0 Å². The van der Waals surface area contributed by atoms with Gasteiger partial charge in [0.05, 0.1) is 18.8 Å². The van der Waals surface area contributed by atoms with Crippen LogP contribution in [0.3, 0.4) is 0 Å². The quantitative estimate of drug-likeness (QED) is 0.0420. The zero-order valence-corrected chi connectivity index (χ0v) is 44.7. The van der Waals surface area contributed by atoms with Crippen molar-refractivity contribution >= 4 is 5.91 Å². The Balaban J connectivity index is 3.53. The lowest BCUT2D eigenvalue weighted by atomic mass is 10.0. The molecule has 0 aliphatic rings. The summed E-state index contributed by atoms with van der Waals surface area (Å²) in [5.41, 5.74) is 0. The van der Waals surface area contributed by atoms with Gasteiger partial charge in [-0.1, -0.05) is 298 Å². The Kier molecular flexibility index (Phi) is 55.8. The zero-order valence-electron chi connectivity index (χ0n) is 44.7. The Morgan fingerprint density at radius 1 is 0.373 bits per heavy atom. The number of aliphatic hydroxyl groups is 2. The number of amides is 1. The van der Waals surface area contributed by atoms with E-state index in [4.69, 9.17) is 0 Å². The molecule has 0 heterocycles. The number of hydrogen-bond donors (Lipinski definition) is 3. The van der Waals surface area contributed by atoms with Crippen molar-refractivity contribution in [2.75, 3.05) is 6.61 Å². The molecule has 0 fully saturated rings. The number of hydrogen-bond acceptors (Lipinski definition) is 3. The third-order valence-electron chi connectivity index (χ3n) is 13.2. The average molecular weight is 933 g/mol. The van der Waals surface area contributed by atoms with Gasteiger partial charge >= 0.3 is 0 Å². The first-order valence-corrected chi connectivity index (χ1v) is 29.3. The van der Waals surface area contributed by atoms with Crippen molar-refractivity contribution in [2.45, 2.75) is 302 Å². The van der Waals surface area contributed by atoms with Crippen LogP contribution in [-0.4, -0.2) is 34.9 Å². The third kappa shape index (κ3) is 54.4. The van der Waals surface area contributed by atoms with Gasteiger partial charge in [-0.3, -0.25) is 4.79 Å². The van der Waals surface area contributed by atoms with E-state index in [0.29, 0.717) is 12.8 Å². The van der Waals surface area contributed by atoms with E-state index in [2.05, 4.69) is 104 Å². The lowest BCUT2D eigenvalue weighted by molar-refractivity contribution is -0.123. The van der Waals surface area contributed by atoms with Crippen molar-refractivity contribution in [3.63, 3.8) is 0 Å². The topological polar surface area (TPSA) is 69.6 Å². The van der Waals surface area contributed by atoms with Crippen LogP contribution >= 0.6 is 0 Å². The summed E-state index contributed by atoms with van der Waals surface area (Å²) in [4.78, 5) is 12.5. The van der Waals surface area contributed by atoms with Crippen molar-refractivity contribution in [1.82, 2.24) is 5.32 Å². The van der Waals surface area contributed by atoms with Gasteiger partial charge in [-0.2, -0.15) is 0 Å². The molecule has 0 rings (SSSR count). The van der Waals surface area contributed by atoms with Gasteiger partial charge in [0, 0.05) is 6.42 Å². The van der Waals surface area contributed by atoms with Crippen LogP contribution in [0.15, 0.2) is 85.1 Å². The molecular formula is C63H113NO3. The highest BCUT2D eigenvalue weighted by molar-refractivity contribution is 5.76. The van der Waals surface area contributed by atoms with E-state index < -0.39 is 12.1 Å². The highest BCUT2D eigenvalue weighted by Crippen LogP contribution is 2.17. The van der Waals surface area contributed by atoms with E-state index in [1.54, 1.807) is 0 Å². The lowest BCUT2D eigenvalue weighted by Crippen LogP contribution is -2.45. The van der Waals surface area contributed by atoms with Crippen molar-refractivity contribution in [2.24, 2.45) is 0 Å². The fourth-order valence-electron chi connectivity index (χ4n) is 8.76. The Hall–Kier alpha value is -2.43. The fourth-order valence-corrected chi connectivity index (χ4v) is 8.76. The summed E-state index contributed by atoms with van der Waals surface area (Å²) in [5, 5.41) is 23.4. The van der Waals surface area contributed by atoms with Crippen LogP contribution in [0.2, 0.25) is 0 Å². The van der Waals surface area contributed by atoms with Gasteiger partial charge in [0.1, 0.15) is 0 Å². The average Bonchev–Trinajstić information content (AvgIpc) is 3.33. The summed E-state index contributed by atoms with van der Waals surface area (Å²) in [6.07, 6.45) is 84.3. The summed E-state index contributed by atoms with van der Waals surface area (Å²) in [7, 11) is 0. The van der Waals surface area contributed by atoms with Gasteiger partial charge in [-0.15, -0.1) is 0 Å². The third-order valence-corrected chi connectivity index (χ3v) is 13.2. The van der Waals surface area contributed by atoms with Crippen LogP contribution in [0, 0.1) is 0 Å². The number of carbonyl (C=O) groups excluding carboxylic acids is 1. The van der Waals surface area contributed by atoms with E-state index in [9.17, 15) is 15.0 Å². The largest absolute Gasteiger partial charge is 0.394 e. The number of rotatable bonds is 53. The summed E-state index contributed by atoms with van der Waals surface area (Å²) in [6, 6.07) is -0.546. The van der Waals surface area contributed by atoms with E-state index in [1.165, 1.54) is 193 Å². The SMILES string of the molecule is CC/C=C\C/C=C\C/C=C\C/C=C\C/C=C\C/C=C\C/C=C\CCCCCCCCCCCC(=O)NC(CO)C(O)CCCCCCCCCCCCCCCCCCCCCCCCCC. The normalized spacial score (nSPS) is 13.4. The van der Waals surface area contributed by atoms with Crippen LogP contribution < -0.4 is 5.32 Å². The molecule has 2 unspecified atom stereocenters. The van der Waals surface area contributed by atoms with Crippen LogP contribution in [0.4, 0.5) is 0 Å². The minimum Gasteiger partial charge on any atom is -0.394 e. The molecule has 0 bridgehead atoms. The zero-order chi connectivity index (χ0) is 48.5. The number of unbranched alkanes of at least 4 members (excludes halogenated alkanes) is 32. The van der Waals surface area contributed by atoms with Gasteiger partial charge in [0.15, 0.2) is 0 Å². The summed E-state index contributed by atoms with van der Waals surface area (Å²) < 4.78 is 0. The Labute approximate surface area is 418 Å². The second-order valence-corrected chi connectivity index (χ2v) is 19.7. The molecule has 1 amide bonds. The van der Waals surface area contributed by atoms with Gasteiger partial charge < -0.3 is 15.5 Å². The van der Waals surface area contributed by atoms with Crippen molar-refractivity contribution in [3.05, 3.63) is 85.1 Å². The Morgan fingerprint density at radius 2 is 0.657 bits per heavy atom. The highest BCUT2D eigenvalue weighted by Gasteiger charge is 2.20. The molecule has 0 spiro atoms. The molecule has 0 radical (unpaired) electrons. The minimum atomic E-state index is -0.668. The van der Waals surface area contributed by atoms with E-state index in [1.807, 2.05) is 0 Å². The maximum Gasteiger partial charge on any atom is 0.220 e. The molecule has 0 aromatic rings. The molecule has 4 heteroatoms. The predicted molar refractivity (Wildman–Crippen MR) is 299 cm³/mol. The second-order valence-electron chi connectivity index (χ2n) is 19.7. The molecule has 0 aliphatic carbocycles. The van der Waals surface area contributed by atoms with Crippen molar-refractivity contribution < 1.29 is 15.0 Å². The van der Waals surface area contributed by atoms with Crippen molar-refractivity contribution in [3.8, 4) is 0 Å². The van der Waals surface area contributed by atoms with Gasteiger partial charge in [-0.05, 0) is 70.6 Å². The molecule has 67 heavy (non-hydrogen) atoms. The number of aliphatic hydroxyl groups excluding tert-OH is 2. The van der Waals surface area contributed by atoms with E-state index >= 15 is 0 Å². The number of allylic oxidation sites excluding steroid dienone is 14. The second kappa shape index (κ2) is 57.9. The smallest absolute Gasteiger partial charge is 0.220 e. The van der Waals surface area contributed by atoms with Crippen molar-refractivity contribution in [1.29, 1.82) is 0 Å². The molecule has 2 atom stereocenters. The summed E-state index contributed by atoms with van der Waals surface area (Å²) in [5.74, 6) is -0.0379. The number of carbonyl (C=O) groups is 1. The molecular weight excluding hydrogens is 819 g/mol. The molecule has 388 valence electrons. The molecule has 0 aromatic heterocycles. The maximum absolute atomic E-state index is 12.5. The summed E-state index contributed by atoms with van der Waals surface area (Å²) >= 11 is 0. The van der Waals surface area contributed by atoms with Crippen LogP contribution in [0.1, 0.15) is 290 Å². The highest BCUT2D eigenvalue weighted by atomic mass is 16.3. The van der Waals surface area contributed by atoms with E-state index in [0.717, 1.165) is 70.6 Å². The molecule has 0 saturated heterocycles. The lowest BCUT2D eigenvalue weighted by Gasteiger charge is -2.22. The van der Waals surface area contributed by atoms with Crippen LogP contribution in [0.25, 0.3) is 0 Å². The minimum absolute atomic E-state index is 0.0379. The molecule has 3 N–H and O–H groups in total. The van der Waals surface area contributed by atoms with Crippen LogP contribution in [-0.2, 0) is 4.79 Å². The predicted octanol–water partition coefficient (Wildman–Crippen LogP) is 19.5. The summed E-state index contributed by atoms with van der Waals surface area (Å²) in [6.45, 7) is 4.26. The molecule has 0 saturated carbocycles. The van der Waals surface area contributed by atoms with E-state index in [-0.39, 0.29) is 12.5 Å². The maximum atomic E-state index is 12.5. The molecule has 0 aliphatic heterocycles. The first-order valence-electron chi connectivity index (χ1n) is 29.3. The molecule has 0 aromatic carbocycles. The first kappa shape index (κ1) is 64.6. The van der Waals surface area contributed by atoms with Gasteiger partial charge in [0.25, 0.3) is 0 Å². The Morgan fingerprint density at radius 3 is 0.985 bits per heavy atom. The fraction of sp³-hybridized carbons (Fsp3) is 0.762. The monoisotopic (exact) mass is 932 g/mol. The molecule has 4 nitrogen and oxygen atoms in total. The van der Waals surface area contributed by atoms with Gasteiger partial charge in [-0.25, -0.2) is 0 Å². The standard InChI is InChI=1S/C63H113NO3/c1-3-5-7-9-11-13-15-17-19-21-23-25-27-29-30-31-32-33-34-35-37-39-41-43-45-47-49-51-53-55-57-59-63(67)64-61(60-65)62(66)58-56-54-52-50-48-46-44-42-40-38-36-28-26-24-22-20-18-16-14-12-10-8-6-4-2/h5,7,11,13,17,19,23,25,29-30,32-33,35,37,61-62,65-66H,3-4,6,8-10,12,14-16,18,20-22,24,26-28,31,34,36,38-60H2,1-2H3,(H,64,67)/b7-5-,13-11-,19-17-,25-23-,30-29-,33-32-,37-35-. The number of nitrogens with one attached hydrogen (secondary N) is 1. The van der Waals surface area contributed by atoms with Gasteiger partial charge in [0.2, 0.25) is 5.91 Å². The Bertz CT molecular complexity index is 1190. The first-order chi connectivity index (χ1) is 33.2.